The summed E-state index contributed by atoms with van der Waals surface area (Å²) in [5.74, 6) is -0.903. The molecule has 1 fully saturated rings. The van der Waals surface area contributed by atoms with E-state index in [4.69, 9.17) is 9.84 Å². The molecule has 1 aliphatic carbocycles. The van der Waals surface area contributed by atoms with E-state index in [2.05, 4.69) is 0 Å². The first-order chi connectivity index (χ1) is 8.32. The van der Waals surface area contributed by atoms with Gasteiger partial charge in [-0.15, -0.1) is 0 Å². The molecular formula is C13H23NO4. The Morgan fingerprint density at radius 2 is 2.00 bits per heavy atom. The summed E-state index contributed by atoms with van der Waals surface area (Å²) in [4.78, 5) is 25.2. The number of nitrogens with zero attached hydrogens (tertiary/aromatic N) is 1. The van der Waals surface area contributed by atoms with Crippen molar-refractivity contribution >= 4 is 11.9 Å². The fourth-order valence-electron chi connectivity index (χ4n) is 1.96. The highest BCUT2D eigenvalue weighted by atomic mass is 16.5. The van der Waals surface area contributed by atoms with Crippen molar-refractivity contribution in [1.29, 1.82) is 0 Å². The van der Waals surface area contributed by atoms with Gasteiger partial charge in [-0.2, -0.15) is 0 Å². The molecule has 104 valence electrons. The number of ether oxygens (including phenoxy) is 1. The third-order valence-corrected chi connectivity index (χ3v) is 3.66. The molecule has 0 saturated heterocycles. The van der Waals surface area contributed by atoms with Gasteiger partial charge in [0.1, 0.15) is 5.41 Å². The molecule has 0 bridgehead atoms. The standard InChI is InChI=1S/C13H23NO4/c1-9(10-5-6-10)14(7-8-18-4)11(15)13(2,3)12(16)17/h9-10H,5-8H2,1-4H3,(H,16,17). The molecule has 5 heteroatoms. The van der Waals surface area contributed by atoms with Crippen LogP contribution in [0.5, 0.6) is 0 Å². The molecule has 0 aromatic heterocycles. The van der Waals surface area contributed by atoms with E-state index < -0.39 is 11.4 Å². The van der Waals surface area contributed by atoms with Crippen LogP contribution < -0.4 is 0 Å². The second-order valence-electron chi connectivity index (χ2n) is 5.50. The van der Waals surface area contributed by atoms with Gasteiger partial charge in [0.2, 0.25) is 5.91 Å². The summed E-state index contributed by atoms with van der Waals surface area (Å²) in [6.07, 6.45) is 2.23. The summed E-state index contributed by atoms with van der Waals surface area (Å²) in [5.41, 5.74) is -1.38. The van der Waals surface area contributed by atoms with E-state index in [1.807, 2.05) is 6.92 Å². The Bertz CT molecular complexity index is 323. The Hall–Kier alpha value is -1.10. The van der Waals surface area contributed by atoms with Crippen molar-refractivity contribution in [2.45, 2.75) is 39.7 Å². The molecule has 0 heterocycles. The lowest BCUT2D eigenvalue weighted by Gasteiger charge is -2.34. The van der Waals surface area contributed by atoms with E-state index >= 15 is 0 Å². The van der Waals surface area contributed by atoms with E-state index in [1.54, 1.807) is 12.0 Å². The van der Waals surface area contributed by atoms with Gasteiger partial charge in [-0.25, -0.2) is 0 Å². The van der Waals surface area contributed by atoms with Crippen molar-refractivity contribution in [3.63, 3.8) is 0 Å². The molecule has 5 nitrogen and oxygen atoms in total. The van der Waals surface area contributed by atoms with E-state index in [9.17, 15) is 9.59 Å². The number of aliphatic carboxylic acids is 1. The normalized spacial score (nSPS) is 17.3. The Morgan fingerprint density at radius 3 is 2.39 bits per heavy atom. The van der Waals surface area contributed by atoms with Crippen molar-refractivity contribution in [3.8, 4) is 0 Å². The van der Waals surface area contributed by atoms with E-state index in [0.29, 0.717) is 19.1 Å². The molecule has 1 atom stereocenters. The average Bonchev–Trinajstić information content (AvgIpc) is 3.12. The van der Waals surface area contributed by atoms with Gasteiger partial charge in [-0.05, 0) is 39.5 Å². The van der Waals surface area contributed by atoms with Crippen LogP contribution in [0.3, 0.4) is 0 Å². The van der Waals surface area contributed by atoms with Gasteiger partial charge >= 0.3 is 5.97 Å². The van der Waals surface area contributed by atoms with Crippen molar-refractivity contribution in [2.24, 2.45) is 11.3 Å². The molecule has 0 aromatic carbocycles. The van der Waals surface area contributed by atoms with Gasteiger partial charge in [0.25, 0.3) is 0 Å². The molecule has 0 radical (unpaired) electrons. The van der Waals surface area contributed by atoms with Crippen LogP contribution in [0, 0.1) is 11.3 Å². The third-order valence-electron chi connectivity index (χ3n) is 3.66. The highest BCUT2D eigenvalue weighted by molar-refractivity contribution is 6.01. The van der Waals surface area contributed by atoms with Gasteiger partial charge in [0, 0.05) is 19.7 Å². The predicted molar refractivity (Wildman–Crippen MR) is 67.2 cm³/mol. The summed E-state index contributed by atoms with van der Waals surface area (Å²) in [7, 11) is 1.58. The minimum atomic E-state index is -1.38. The molecule has 0 aliphatic heterocycles. The number of carboxylic acids is 1. The van der Waals surface area contributed by atoms with Gasteiger partial charge in [0.05, 0.1) is 6.61 Å². The zero-order valence-electron chi connectivity index (χ0n) is 11.6. The topological polar surface area (TPSA) is 66.8 Å². The second kappa shape index (κ2) is 5.69. The smallest absolute Gasteiger partial charge is 0.318 e. The maximum atomic E-state index is 12.4. The molecule has 0 aromatic rings. The summed E-state index contributed by atoms with van der Waals surface area (Å²) >= 11 is 0. The lowest BCUT2D eigenvalue weighted by Crippen LogP contribution is -2.50. The number of rotatable bonds is 7. The zero-order valence-corrected chi connectivity index (χ0v) is 11.6. The van der Waals surface area contributed by atoms with Crippen LogP contribution in [-0.4, -0.2) is 48.2 Å². The van der Waals surface area contributed by atoms with Crippen LogP contribution in [0.25, 0.3) is 0 Å². The van der Waals surface area contributed by atoms with E-state index in [0.717, 1.165) is 12.8 Å². The molecule has 18 heavy (non-hydrogen) atoms. The second-order valence-corrected chi connectivity index (χ2v) is 5.50. The lowest BCUT2D eigenvalue weighted by atomic mass is 9.91. The number of amides is 1. The molecular weight excluding hydrogens is 234 g/mol. The van der Waals surface area contributed by atoms with Crippen molar-refractivity contribution in [3.05, 3.63) is 0 Å². The Morgan fingerprint density at radius 1 is 1.44 bits per heavy atom. The van der Waals surface area contributed by atoms with Crippen molar-refractivity contribution < 1.29 is 19.4 Å². The summed E-state index contributed by atoms with van der Waals surface area (Å²) in [6.45, 7) is 5.78. The van der Waals surface area contributed by atoms with Crippen LogP contribution >= 0.6 is 0 Å². The van der Waals surface area contributed by atoms with E-state index in [-0.39, 0.29) is 11.9 Å². The van der Waals surface area contributed by atoms with Crippen molar-refractivity contribution in [2.75, 3.05) is 20.3 Å². The quantitative estimate of drug-likeness (QED) is 0.699. The fraction of sp³-hybridized carbons (Fsp3) is 0.846. The lowest BCUT2D eigenvalue weighted by molar-refractivity contribution is -0.159. The Kier molecular flexibility index (Phi) is 4.73. The predicted octanol–water partition coefficient (Wildman–Crippen LogP) is 1.37. The zero-order chi connectivity index (χ0) is 13.9. The Balaban J connectivity index is 2.80. The van der Waals surface area contributed by atoms with Gasteiger partial charge in [-0.3, -0.25) is 9.59 Å². The number of methoxy groups -OCH3 is 1. The van der Waals surface area contributed by atoms with Crippen LogP contribution in [0.15, 0.2) is 0 Å². The Labute approximate surface area is 108 Å². The summed E-state index contributed by atoms with van der Waals surface area (Å²) in [5, 5.41) is 9.14. The highest BCUT2D eigenvalue weighted by Crippen LogP contribution is 2.36. The molecule has 1 N–H and O–H groups in total. The minimum absolute atomic E-state index is 0.0891. The number of hydrogen-bond acceptors (Lipinski definition) is 3. The van der Waals surface area contributed by atoms with Crippen LogP contribution in [-0.2, 0) is 14.3 Å². The molecule has 1 rings (SSSR count). The molecule has 1 unspecified atom stereocenters. The SMILES string of the molecule is COCCN(C(=O)C(C)(C)C(=O)O)C(C)C1CC1. The number of carbonyl (C=O) groups is 2. The van der Waals surface area contributed by atoms with Crippen LogP contribution in [0.1, 0.15) is 33.6 Å². The first kappa shape index (κ1) is 15.0. The van der Waals surface area contributed by atoms with Gasteiger partial charge in [0.15, 0.2) is 0 Å². The minimum Gasteiger partial charge on any atom is -0.480 e. The first-order valence-electron chi connectivity index (χ1n) is 6.35. The fourth-order valence-corrected chi connectivity index (χ4v) is 1.96. The summed E-state index contributed by atoms with van der Waals surface area (Å²) < 4.78 is 5.00. The maximum Gasteiger partial charge on any atom is 0.318 e. The summed E-state index contributed by atoms with van der Waals surface area (Å²) in [6, 6.07) is 0.0891. The van der Waals surface area contributed by atoms with E-state index in [1.165, 1.54) is 13.8 Å². The number of carbonyl (C=O) groups excluding carboxylic acids is 1. The number of carboxylic acid groups (broad SMARTS) is 1. The van der Waals surface area contributed by atoms with Crippen molar-refractivity contribution in [1.82, 2.24) is 4.90 Å². The monoisotopic (exact) mass is 257 g/mol. The maximum absolute atomic E-state index is 12.4. The van der Waals surface area contributed by atoms with Crippen LogP contribution in [0.2, 0.25) is 0 Å². The molecule has 1 saturated carbocycles. The largest absolute Gasteiger partial charge is 0.480 e. The molecule has 1 aliphatic rings. The molecule has 0 spiro atoms. The highest BCUT2D eigenvalue weighted by Gasteiger charge is 2.43. The first-order valence-corrected chi connectivity index (χ1v) is 6.35. The number of hydrogen-bond donors (Lipinski definition) is 1. The molecule has 1 amide bonds. The third kappa shape index (κ3) is 3.22. The van der Waals surface area contributed by atoms with Crippen LogP contribution in [0.4, 0.5) is 0 Å². The van der Waals surface area contributed by atoms with Gasteiger partial charge in [-0.1, -0.05) is 0 Å². The average molecular weight is 257 g/mol. The van der Waals surface area contributed by atoms with Gasteiger partial charge < -0.3 is 14.7 Å².